The zero-order valence-electron chi connectivity index (χ0n) is 8.93. The second kappa shape index (κ2) is 7.21. The molecule has 0 saturated carbocycles. The third-order valence-electron chi connectivity index (χ3n) is 2.02. The number of nitrogens with zero attached hydrogens (tertiary/aromatic N) is 1. The Labute approximate surface area is 98.3 Å². The molecule has 0 spiro atoms. The zero-order chi connectivity index (χ0) is 11.8. The van der Waals surface area contributed by atoms with E-state index in [1.165, 1.54) is 4.90 Å². The van der Waals surface area contributed by atoms with E-state index in [0.717, 1.165) is 4.88 Å². The van der Waals surface area contributed by atoms with Gasteiger partial charge in [0.05, 0.1) is 19.8 Å². The molecule has 0 fully saturated rings. The number of hydrogen-bond acceptors (Lipinski definition) is 4. The molecule has 0 radical (unpaired) electrons. The summed E-state index contributed by atoms with van der Waals surface area (Å²) in [6.07, 6.45) is 0. The fourth-order valence-electron chi connectivity index (χ4n) is 1.24. The molecule has 5 nitrogen and oxygen atoms in total. The minimum atomic E-state index is -0.267. The zero-order valence-corrected chi connectivity index (χ0v) is 9.74. The van der Waals surface area contributed by atoms with E-state index in [2.05, 4.69) is 5.32 Å². The Balaban J connectivity index is 2.36. The van der Waals surface area contributed by atoms with Crippen LogP contribution in [0, 0.1) is 0 Å². The van der Waals surface area contributed by atoms with Crippen LogP contribution in [0.4, 0.5) is 4.79 Å². The van der Waals surface area contributed by atoms with Crippen LogP contribution in [0.1, 0.15) is 4.88 Å². The van der Waals surface area contributed by atoms with Gasteiger partial charge in [0.15, 0.2) is 0 Å². The lowest BCUT2D eigenvalue weighted by Crippen LogP contribution is -2.42. The second-order valence-electron chi connectivity index (χ2n) is 3.17. The number of aliphatic hydroxyl groups excluding tert-OH is 2. The highest BCUT2D eigenvalue weighted by atomic mass is 32.1. The van der Waals surface area contributed by atoms with Gasteiger partial charge in [-0.05, 0) is 11.4 Å². The summed E-state index contributed by atoms with van der Waals surface area (Å²) < 4.78 is 0. The minimum absolute atomic E-state index is 0.105. The van der Waals surface area contributed by atoms with Crippen LogP contribution < -0.4 is 5.32 Å². The highest BCUT2D eigenvalue weighted by Gasteiger charge is 2.11. The van der Waals surface area contributed by atoms with Crippen molar-refractivity contribution in [2.24, 2.45) is 0 Å². The second-order valence-corrected chi connectivity index (χ2v) is 4.20. The van der Waals surface area contributed by atoms with Crippen LogP contribution in [-0.2, 0) is 6.54 Å². The molecule has 1 rings (SSSR count). The average molecular weight is 244 g/mol. The van der Waals surface area contributed by atoms with E-state index in [0.29, 0.717) is 6.54 Å². The van der Waals surface area contributed by atoms with Crippen LogP contribution >= 0.6 is 11.3 Å². The maximum Gasteiger partial charge on any atom is 0.317 e. The van der Waals surface area contributed by atoms with Gasteiger partial charge in [-0.15, -0.1) is 11.3 Å². The molecule has 16 heavy (non-hydrogen) atoms. The summed E-state index contributed by atoms with van der Waals surface area (Å²) in [7, 11) is 0. The Kier molecular flexibility index (Phi) is 5.84. The van der Waals surface area contributed by atoms with E-state index < -0.39 is 0 Å². The molecule has 0 saturated heterocycles. The molecule has 0 aromatic carbocycles. The van der Waals surface area contributed by atoms with Crippen molar-refractivity contribution in [3.8, 4) is 0 Å². The Morgan fingerprint density at radius 2 is 2.06 bits per heavy atom. The molecule has 1 aromatic heterocycles. The van der Waals surface area contributed by atoms with Crippen molar-refractivity contribution in [3.63, 3.8) is 0 Å². The van der Waals surface area contributed by atoms with Gasteiger partial charge in [-0.25, -0.2) is 4.79 Å². The topological polar surface area (TPSA) is 72.8 Å². The van der Waals surface area contributed by atoms with Gasteiger partial charge in [0, 0.05) is 18.0 Å². The number of carbonyl (C=O) groups is 1. The lowest BCUT2D eigenvalue weighted by Gasteiger charge is -2.20. The quantitative estimate of drug-likeness (QED) is 0.671. The van der Waals surface area contributed by atoms with Crippen LogP contribution in [0.3, 0.4) is 0 Å². The van der Waals surface area contributed by atoms with E-state index in [1.54, 1.807) is 11.3 Å². The van der Waals surface area contributed by atoms with Gasteiger partial charge in [-0.3, -0.25) is 0 Å². The summed E-state index contributed by atoms with van der Waals surface area (Å²) in [4.78, 5) is 14.1. The number of rotatable bonds is 6. The standard InChI is InChI=1S/C10H16N2O3S/c13-5-3-12(4-6-14)10(15)11-8-9-2-1-7-16-9/h1-2,7,13-14H,3-6,8H2,(H,11,15). The molecule has 0 aliphatic rings. The van der Waals surface area contributed by atoms with E-state index in [9.17, 15) is 4.79 Å². The van der Waals surface area contributed by atoms with Crippen molar-refractivity contribution in [1.29, 1.82) is 0 Å². The Morgan fingerprint density at radius 3 is 2.56 bits per heavy atom. The SMILES string of the molecule is O=C(NCc1cccs1)N(CCO)CCO. The van der Waals surface area contributed by atoms with Crippen molar-refractivity contribution in [3.05, 3.63) is 22.4 Å². The summed E-state index contributed by atoms with van der Waals surface area (Å²) in [5.41, 5.74) is 0. The molecule has 0 atom stereocenters. The predicted octanol–water partition coefficient (Wildman–Crippen LogP) is 0.244. The Hall–Kier alpha value is -1.11. The van der Waals surface area contributed by atoms with Crippen molar-refractivity contribution in [1.82, 2.24) is 10.2 Å². The maximum atomic E-state index is 11.6. The lowest BCUT2D eigenvalue weighted by atomic mass is 10.4. The van der Waals surface area contributed by atoms with Gasteiger partial charge >= 0.3 is 6.03 Å². The number of carbonyl (C=O) groups excluding carboxylic acids is 1. The van der Waals surface area contributed by atoms with Crippen molar-refractivity contribution < 1.29 is 15.0 Å². The van der Waals surface area contributed by atoms with Crippen LogP contribution in [0.2, 0.25) is 0 Å². The van der Waals surface area contributed by atoms with Crippen molar-refractivity contribution in [2.45, 2.75) is 6.54 Å². The van der Waals surface area contributed by atoms with Gasteiger partial charge in [-0.2, -0.15) is 0 Å². The predicted molar refractivity (Wildman–Crippen MR) is 62.3 cm³/mol. The fourth-order valence-corrected chi connectivity index (χ4v) is 1.89. The van der Waals surface area contributed by atoms with Gasteiger partial charge in [0.1, 0.15) is 0 Å². The largest absolute Gasteiger partial charge is 0.395 e. The highest BCUT2D eigenvalue weighted by Crippen LogP contribution is 2.07. The summed E-state index contributed by atoms with van der Waals surface area (Å²) in [5, 5.41) is 22.2. The van der Waals surface area contributed by atoms with Gasteiger partial charge < -0.3 is 20.4 Å². The molecule has 0 unspecified atom stereocenters. The molecule has 0 bridgehead atoms. The monoisotopic (exact) mass is 244 g/mol. The first-order valence-corrected chi connectivity index (χ1v) is 5.92. The molecule has 0 aliphatic carbocycles. The number of amides is 2. The number of aliphatic hydroxyl groups is 2. The first-order valence-electron chi connectivity index (χ1n) is 5.04. The van der Waals surface area contributed by atoms with Crippen LogP contribution in [0.5, 0.6) is 0 Å². The van der Waals surface area contributed by atoms with E-state index in [1.807, 2.05) is 17.5 Å². The van der Waals surface area contributed by atoms with Gasteiger partial charge in [0.25, 0.3) is 0 Å². The first-order chi connectivity index (χ1) is 7.77. The maximum absolute atomic E-state index is 11.6. The Bertz CT molecular complexity index is 297. The van der Waals surface area contributed by atoms with Crippen LogP contribution in [-0.4, -0.2) is 47.4 Å². The van der Waals surface area contributed by atoms with Crippen LogP contribution in [0.15, 0.2) is 17.5 Å². The molecular formula is C10H16N2O3S. The third kappa shape index (κ3) is 4.18. The van der Waals surface area contributed by atoms with Crippen molar-refractivity contribution in [2.75, 3.05) is 26.3 Å². The molecule has 6 heteroatoms. The molecular weight excluding hydrogens is 228 g/mol. The molecule has 2 amide bonds. The number of hydrogen-bond donors (Lipinski definition) is 3. The molecule has 0 aliphatic heterocycles. The smallest absolute Gasteiger partial charge is 0.317 e. The third-order valence-corrected chi connectivity index (χ3v) is 2.90. The Morgan fingerprint density at radius 1 is 1.38 bits per heavy atom. The molecule has 90 valence electrons. The van der Waals surface area contributed by atoms with Gasteiger partial charge in [0.2, 0.25) is 0 Å². The van der Waals surface area contributed by atoms with Crippen LogP contribution in [0.25, 0.3) is 0 Å². The van der Waals surface area contributed by atoms with E-state index in [-0.39, 0.29) is 32.3 Å². The van der Waals surface area contributed by atoms with E-state index in [4.69, 9.17) is 10.2 Å². The molecule has 3 N–H and O–H groups in total. The summed E-state index contributed by atoms with van der Waals surface area (Å²) >= 11 is 1.57. The molecule has 1 heterocycles. The van der Waals surface area contributed by atoms with E-state index >= 15 is 0 Å². The summed E-state index contributed by atoms with van der Waals surface area (Å²) in [6, 6.07) is 3.59. The number of urea groups is 1. The first kappa shape index (κ1) is 13.0. The number of thiophene rings is 1. The normalized spacial score (nSPS) is 10.1. The number of nitrogens with one attached hydrogen (secondary N) is 1. The van der Waals surface area contributed by atoms with Crippen molar-refractivity contribution >= 4 is 17.4 Å². The lowest BCUT2D eigenvalue weighted by molar-refractivity contribution is 0.158. The summed E-state index contributed by atoms with van der Waals surface area (Å²) in [6.45, 7) is 0.733. The average Bonchev–Trinajstić information content (AvgIpc) is 2.78. The minimum Gasteiger partial charge on any atom is -0.395 e. The molecule has 1 aromatic rings. The highest BCUT2D eigenvalue weighted by molar-refractivity contribution is 7.09. The summed E-state index contributed by atoms with van der Waals surface area (Å²) in [5.74, 6) is 0. The fraction of sp³-hybridized carbons (Fsp3) is 0.500. The van der Waals surface area contributed by atoms with Gasteiger partial charge in [-0.1, -0.05) is 6.07 Å².